The summed E-state index contributed by atoms with van der Waals surface area (Å²) in [5.74, 6) is 2.25. The molecule has 0 aliphatic heterocycles. The number of nitrogens with one attached hydrogen (secondary N) is 1. The van der Waals surface area contributed by atoms with Gasteiger partial charge in [0, 0.05) is 24.1 Å². The molecule has 0 unspecified atom stereocenters. The molecule has 1 aromatic carbocycles. The molecule has 0 atom stereocenters. The molecule has 0 saturated heterocycles. The van der Waals surface area contributed by atoms with Crippen LogP contribution in [0.3, 0.4) is 0 Å². The molecule has 1 fully saturated rings. The van der Waals surface area contributed by atoms with Gasteiger partial charge in [0.2, 0.25) is 5.88 Å². The zero-order valence-corrected chi connectivity index (χ0v) is 12.0. The van der Waals surface area contributed by atoms with Crippen LogP contribution in [0.25, 0.3) is 0 Å². The van der Waals surface area contributed by atoms with Crippen LogP contribution in [0.1, 0.15) is 37.1 Å². The van der Waals surface area contributed by atoms with Gasteiger partial charge >= 0.3 is 0 Å². The molecule has 1 saturated carbocycles. The van der Waals surface area contributed by atoms with Crippen LogP contribution in [0.15, 0.2) is 30.3 Å². The Balaban J connectivity index is 1.76. The van der Waals surface area contributed by atoms with Gasteiger partial charge in [0.1, 0.15) is 24.1 Å². The van der Waals surface area contributed by atoms with E-state index >= 15 is 0 Å². The Kier molecular flexibility index (Phi) is 3.99. The van der Waals surface area contributed by atoms with Crippen LogP contribution in [0, 0.1) is 5.82 Å². The third kappa shape index (κ3) is 3.48. The molecule has 0 bridgehead atoms. The van der Waals surface area contributed by atoms with E-state index in [0.29, 0.717) is 17.4 Å². The molecule has 4 nitrogen and oxygen atoms in total. The van der Waals surface area contributed by atoms with Crippen LogP contribution in [-0.2, 0) is 6.61 Å². The third-order valence-electron chi connectivity index (χ3n) is 3.35. The maximum absolute atomic E-state index is 13.6. The first kappa shape index (κ1) is 13.8. The van der Waals surface area contributed by atoms with Crippen LogP contribution >= 0.6 is 0 Å². The molecule has 1 aliphatic rings. The smallest absolute Gasteiger partial charge is 0.219 e. The average molecular weight is 287 g/mol. The van der Waals surface area contributed by atoms with E-state index in [2.05, 4.69) is 15.3 Å². The van der Waals surface area contributed by atoms with E-state index in [1.54, 1.807) is 24.3 Å². The summed E-state index contributed by atoms with van der Waals surface area (Å²) in [7, 11) is 0. The van der Waals surface area contributed by atoms with Gasteiger partial charge in [-0.1, -0.05) is 18.2 Å². The predicted molar refractivity (Wildman–Crippen MR) is 78.9 cm³/mol. The highest BCUT2D eigenvalue weighted by atomic mass is 19.1. The molecule has 2 aromatic rings. The van der Waals surface area contributed by atoms with Crippen molar-refractivity contribution in [3.05, 3.63) is 47.5 Å². The summed E-state index contributed by atoms with van der Waals surface area (Å²) in [5.41, 5.74) is 0.522. The summed E-state index contributed by atoms with van der Waals surface area (Å²) >= 11 is 0. The van der Waals surface area contributed by atoms with Gasteiger partial charge in [0.25, 0.3) is 0 Å². The predicted octanol–water partition coefficient (Wildman–Crippen LogP) is 3.50. The number of halogens is 1. The van der Waals surface area contributed by atoms with Crippen molar-refractivity contribution in [3.63, 3.8) is 0 Å². The maximum atomic E-state index is 13.6. The van der Waals surface area contributed by atoms with Crippen LogP contribution in [0.2, 0.25) is 0 Å². The molecule has 0 radical (unpaired) electrons. The number of aromatic nitrogens is 2. The van der Waals surface area contributed by atoms with Gasteiger partial charge in [-0.25, -0.2) is 9.37 Å². The van der Waals surface area contributed by atoms with Crippen molar-refractivity contribution in [1.82, 2.24) is 9.97 Å². The molecule has 21 heavy (non-hydrogen) atoms. The standard InChI is InChI=1S/C16H18FN3O/c1-2-18-14-9-15(20-16(19-14)11-7-8-11)21-10-12-5-3-4-6-13(12)17/h3-6,9,11H,2,7-8,10H2,1H3,(H,18,19,20). The lowest BCUT2D eigenvalue weighted by Gasteiger charge is -2.10. The lowest BCUT2D eigenvalue weighted by molar-refractivity contribution is 0.286. The van der Waals surface area contributed by atoms with Crippen LogP contribution in [-0.4, -0.2) is 16.5 Å². The normalized spacial score (nSPS) is 14.0. The molecule has 3 rings (SSSR count). The van der Waals surface area contributed by atoms with Crippen LogP contribution in [0.4, 0.5) is 10.2 Å². The Bertz CT molecular complexity index is 629. The number of rotatable bonds is 6. The minimum absolute atomic E-state index is 0.166. The highest BCUT2D eigenvalue weighted by Crippen LogP contribution is 2.39. The van der Waals surface area contributed by atoms with E-state index in [9.17, 15) is 4.39 Å². The second-order valence-corrected chi connectivity index (χ2v) is 5.13. The van der Waals surface area contributed by atoms with Crippen molar-refractivity contribution in [2.24, 2.45) is 0 Å². The summed E-state index contributed by atoms with van der Waals surface area (Å²) in [4.78, 5) is 8.91. The average Bonchev–Trinajstić information content (AvgIpc) is 3.31. The lowest BCUT2D eigenvalue weighted by atomic mass is 10.2. The van der Waals surface area contributed by atoms with E-state index in [-0.39, 0.29) is 12.4 Å². The van der Waals surface area contributed by atoms with E-state index in [1.165, 1.54) is 6.07 Å². The Labute approximate surface area is 123 Å². The summed E-state index contributed by atoms with van der Waals surface area (Å²) in [6, 6.07) is 8.36. The largest absolute Gasteiger partial charge is 0.473 e. The first-order chi connectivity index (χ1) is 10.3. The third-order valence-corrected chi connectivity index (χ3v) is 3.35. The van der Waals surface area contributed by atoms with Gasteiger partial charge in [0.05, 0.1) is 0 Å². The number of hydrogen-bond acceptors (Lipinski definition) is 4. The fourth-order valence-electron chi connectivity index (χ4n) is 2.08. The Morgan fingerprint density at radius 2 is 2.10 bits per heavy atom. The zero-order valence-electron chi connectivity index (χ0n) is 12.0. The molecule has 1 N–H and O–H groups in total. The molecule has 1 aliphatic carbocycles. The maximum Gasteiger partial charge on any atom is 0.219 e. The van der Waals surface area contributed by atoms with Crippen molar-refractivity contribution < 1.29 is 9.13 Å². The Morgan fingerprint density at radius 3 is 2.81 bits per heavy atom. The molecular formula is C16H18FN3O. The van der Waals surface area contributed by atoms with Crippen molar-refractivity contribution in [1.29, 1.82) is 0 Å². The Morgan fingerprint density at radius 1 is 1.29 bits per heavy atom. The van der Waals surface area contributed by atoms with Crippen molar-refractivity contribution in [3.8, 4) is 5.88 Å². The van der Waals surface area contributed by atoms with Crippen molar-refractivity contribution >= 4 is 5.82 Å². The molecule has 1 aromatic heterocycles. The molecule has 110 valence electrons. The number of anilines is 1. The minimum Gasteiger partial charge on any atom is -0.473 e. The molecule has 0 amide bonds. The SMILES string of the molecule is CCNc1cc(OCc2ccccc2F)nc(C2CC2)n1. The first-order valence-electron chi connectivity index (χ1n) is 7.25. The summed E-state index contributed by atoms with van der Waals surface area (Å²) < 4.78 is 19.2. The van der Waals surface area contributed by atoms with E-state index in [0.717, 1.165) is 31.0 Å². The van der Waals surface area contributed by atoms with Crippen molar-refractivity contribution in [2.45, 2.75) is 32.3 Å². The fraction of sp³-hybridized carbons (Fsp3) is 0.375. The molecule has 1 heterocycles. The van der Waals surface area contributed by atoms with Gasteiger partial charge < -0.3 is 10.1 Å². The van der Waals surface area contributed by atoms with Gasteiger partial charge in [-0.3, -0.25) is 0 Å². The van der Waals surface area contributed by atoms with Gasteiger partial charge in [0.15, 0.2) is 0 Å². The Hall–Kier alpha value is -2.17. The van der Waals surface area contributed by atoms with Crippen LogP contribution < -0.4 is 10.1 Å². The molecule has 0 spiro atoms. The second kappa shape index (κ2) is 6.08. The fourth-order valence-corrected chi connectivity index (χ4v) is 2.08. The van der Waals surface area contributed by atoms with E-state index in [4.69, 9.17) is 4.74 Å². The summed E-state index contributed by atoms with van der Waals surface area (Å²) in [6.07, 6.45) is 2.25. The molecule has 5 heteroatoms. The minimum atomic E-state index is -0.263. The number of nitrogens with zero attached hydrogens (tertiary/aromatic N) is 2. The molecular weight excluding hydrogens is 269 g/mol. The lowest BCUT2D eigenvalue weighted by Crippen LogP contribution is -2.06. The summed E-state index contributed by atoms with van der Waals surface area (Å²) in [5, 5.41) is 3.18. The first-order valence-corrected chi connectivity index (χ1v) is 7.25. The number of hydrogen-bond donors (Lipinski definition) is 1. The summed E-state index contributed by atoms with van der Waals surface area (Å²) in [6.45, 7) is 2.96. The number of ether oxygens (including phenoxy) is 1. The highest BCUT2D eigenvalue weighted by Gasteiger charge is 2.27. The van der Waals surface area contributed by atoms with Gasteiger partial charge in [-0.15, -0.1) is 0 Å². The van der Waals surface area contributed by atoms with Gasteiger partial charge in [-0.05, 0) is 25.8 Å². The van der Waals surface area contributed by atoms with E-state index in [1.807, 2.05) is 6.92 Å². The second-order valence-electron chi connectivity index (χ2n) is 5.13. The quantitative estimate of drug-likeness (QED) is 0.883. The van der Waals surface area contributed by atoms with Crippen LogP contribution in [0.5, 0.6) is 5.88 Å². The zero-order chi connectivity index (χ0) is 14.7. The number of benzene rings is 1. The van der Waals surface area contributed by atoms with Crippen molar-refractivity contribution in [2.75, 3.05) is 11.9 Å². The van der Waals surface area contributed by atoms with E-state index < -0.39 is 0 Å². The topological polar surface area (TPSA) is 47.0 Å². The van der Waals surface area contributed by atoms with Gasteiger partial charge in [-0.2, -0.15) is 4.98 Å². The highest BCUT2D eigenvalue weighted by molar-refractivity contribution is 5.39. The monoisotopic (exact) mass is 287 g/mol.